The fourth-order valence-corrected chi connectivity index (χ4v) is 2.71. The Kier molecular flexibility index (Phi) is 5.59. The molecule has 0 aromatic heterocycles. The number of likely N-dealkylation sites (tertiary alicyclic amines) is 1. The number of hydrogen-bond acceptors (Lipinski definition) is 3. The summed E-state index contributed by atoms with van der Waals surface area (Å²) in [7, 11) is 4.01. The zero-order valence-corrected chi connectivity index (χ0v) is 13.0. The van der Waals surface area contributed by atoms with Gasteiger partial charge in [0.25, 0.3) is 0 Å². The molecule has 2 amide bonds. The molecular formula is C16H26N4O. The van der Waals surface area contributed by atoms with E-state index in [4.69, 9.17) is 5.73 Å². The lowest BCUT2D eigenvalue weighted by atomic mass is 9.97. The normalized spacial score (nSPS) is 16.7. The SMILES string of the molecule is CN1CCC(CN(C)C(=O)Nc2cccc(CN)c2)CC1. The van der Waals surface area contributed by atoms with Crippen molar-refractivity contribution in [2.45, 2.75) is 19.4 Å². The van der Waals surface area contributed by atoms with Crippen LogP contribution in [0.3, 0.4) is 0 Å². The molecule has 1 fully saturated rings. The highest BCUT2D eigenvalue weighted by molar-refractivity contribution is 5.89. The minimum absolute atomic E-state index is 0.0527. The maximum Gasteiger partial charge on any atom is 0.321 e. The van der Waals surface area contributed by atoms with Crippen molar-refractivity contribution >= 4 is 11.7 Å². The van der Waals surface area contributed by atoms with Gasteiger partial charge >= 0.3 is 6.03 Å². The molecule has 1 aliphatic rings. The largest absolute Gasteiger partial charge is 0.327 e. The third-order valence-corrected chi connectivity index (χ3v) is 4.13. The van der Waals surface area contributed by atoms with Crippen LogP contribution < -0.4 is 11.1 Å². The molecule has 0 radical (unpaired) electrons. The molecule has 1 heterocycles. The van der Waals surface area contributed by atoms with Gasteiger partial charge in [0.05, 0.1) is 0 Å². The van der Waals surface area contributed by atoms with Gasteiger partial charge in [0.2, 0.25) is 0 Å². The van der Waals surface area contributed by atoms with Gasteiger partial charge in [-0.1, -0.05) is 12.1 Å². The van der Waals surface area contributed by atoms with Gasteiger partial charge in [-0.25, -0.2) is 4.79 Å². The summed E-state index contributed by atoms with van der Waals surface area (Å²) in [5, 5.41) is 2.94. The van der Waals surface area contributed by atoms with E-state index in [0.29, 0.717) is 12.5 Å². The van der Waals surface area contributed by atoms with Gasteiger partial charge in [-0.15, -0.1) is 0 Å². The number of amides is 2. The van der Waals surface area contributed by atoms with Crippen LogP contribution in [0.2, 0.25) is 0 Å². The number of benzene rings is 1. The van der Waals surface area contributed by atoms with Gasteiger partial charge in [0.1, 0.15) is 0 Å². The van der Waals surface area contributed by atoms with Crippen molar-refractivity contribution in [2.75, 3.05) is 39.0 Å². The Labute approximate surface area is 127 Å². The van der Waals surface area contributed by atoms with E-state index in [2.05, 4.69) is 17.3 Å². The fourth-order valence-electron chi connectivity index (χ4n) is 2.71. The summed E-state index contributed by atoms with van der Waals surface area (Å²) < 4.78 is 0. The quantitative estimate of drug-likeness (QED) is 0.891. The van der Waals surface area contributed by atoms with Gasteiger partial charge in [-0.3, -0.25) is 0 Å². The summed E-state index contributed by atoms with van der Waals surface area (Å²) in [5.41, 5.74) is 7.44. The van der Waals surface area contributed by atoms with E-state index >= 15 is 0 Å². The third kappa shape index (κ3) is 4.72. The summed E-state index contributed by atoms with van der Waals surface area (Å²) in [6.45, 7) is 3.54. The van der Waals surface area contributed by atoms with Crippen LogP contribution in [0.25, 0.3) is 0 Å². The summed E-state index contributed by atoms with van der Waals surface area (Å²) in [6.07, 6.45) is 2.33. The molecular weight excluding hydrogens is 264 g/mol. The number of rotatable bonds is 4. The predicted octanol–water partition coefficient (Wildman–Crippen LogP) is 1.95. The lowest BCUT2D eigenvalue weighted by Gasteiger charge is -2.31. The Morgan fingerprint density at radius 1 is 1.43 bits per heavy atom. The summed E-state index contributed by atoms with van der Waals surface area (Å²) in [5.74, 6) is 0.604. The molecule has 0 saturated carbocycles. The molecule has 0 bridgehead atoms. The van der Waals surface area contributed by atoms with Gasteiger partial charge in [0.15, 0.2) is 0 Å². The highest BCUT2D eigenvalue weighted by Gasteiger charge is 2.20. The fraction of sp³-hybridized carbons (Fsp3) is 0.562. The van der Waals surface area contributed by atoms with Crippen LogP contribution in [0.15, 0.2) is 24.3 Å². The molecule has 0 aliphatic carbocycles. The predicted molar refractivity (Wildman–Crippen MR) is 86.2 cm³/mol. The molecule has 21 heavy (non-hydrogen) atoms. The molecule has 1 aromatic rings. The van der Waals surface area contributed by atoms with Crippen LogP contribution in [0.5, 0.6) is 0 Å². The lowest BCUT2D eigenvalue weighted by molar-refractivity contribution is 0.177. The Hall–Kier alpha value is -1.59. The van der Waals surface area contributed by atoms with E-state index < -0.39 is 0 Å². The Morgan fingerprint density at radius 3 is 2.81 bits per heavy atom. The smallest absolute Gasteiger partial charge is 0.321 e. The lowest BCUT2D eigenvalue weighted by Crippen LogP contribution is -2.39. The Balaban J connectivity index is 1.84. The number of nitrogens with zero attached hydrogens (tertiary/aromatic N) is 2. The minimum Gasteiger partial charge on any atom is -0.327 e. The van der Waals surface area contributed by atoms with E-state index in [9.17, 15) is 4.79 Å². The van der Waals surface area contributed by atoms with Crippen LogP contribution in [-0.2, 0) is 6.54 Å². The molecule has 0 atom stereocenters. The van der Waals surface area contributed by atoms with Crippen LogP contribution >= 0.6 is 0 Å². The monoisotopic (exact) mass is 290 g/mol. The first-order chi connectivity index (χ1) is 10.1. The number of urea groups is 1. The van der Waals surface area contributed by atoms with Gasteiger partial charge in [0, 0.05) is 25.8 Å². The first-order valence-corrected chi connectivity index (χ1v) is 7.58. The highest BCUT2D eigenvalue weighted by atomic mass is 16.2. The van der Waals surface area contributed by atoms with Crippen molar-refractivity contribution in [2.24, 2.45) is 11.7 Å². The summed E-state index contributed by atoms with van der Waals surface area (Å²) >= 11 is 0. The molecule has 1 aliphatic heterocycles. The highest BCUT2D eigenvalue weighted by Crippen LogP contribution is 2.17. The summed E-state index contributed by atoms with van der Waals surface area (Å²) in [4.78, 5) is 16.3. The molecule has 2 rings (SSSR count). The van der Waals surface area contributed by atoms with Crippen molar-refractivity contribution in [3.63, 3.8) is 0 Å². The molecule has 5 heteroatoms. The number of carbonyl (C=O) groups is 1. The Morgan fingerprint density at radius 2 is 2.14 bits per heavy atom. The zero-order valence-electron chi connectivity index (χ0n) is 13.0. The number of nitrogens with one attached hydrogen (secondary N) is 1. The number of piperidine rings is 1. The van der Waals surface area contributed by atoms with Crippen LogP contribution in [-0.4, -0.2) is 49.6 Å². The van der Waals surface area contributed by atoms with Crippen molar-refractivity contribution in [3.8, 4) is 0 Å². The molecule has 1 saturated heterocycles. The van der Waals surface area contributed by atoms with Crippen molar-refractivity contribution in [3.05, 3.63) is 29.8 Å². The molecule has 1 aromatic carbocycles. The van der Waals surface area contributed by atoms with Gasteiger partial charge < -0.3 is 20.9 Å². The second-order valence-corrected chi connectivity index (χ2v) is 5.96. The van der Waals surface area contributed by atoms with E-state index in [1.807, 2.05) is 31.3 Å². The van der Waals surface area contributed by atoms with Crippen molar-refractivity contribution < 1.29 is 4.79 Å². The third-order valence-electron chi connectivity index (χ3n) is 4.13. The molecule has 0 unspecified atom stereocenters. The number of hydrogen-bond donors (Lipinski definition) is 2. The van der Waals surface area contributed by atoms with Crippen molar-refractivity contribution in [1.29, 1.82) is 0 Å². The molecule has 3 N–H and O–H groups in total. The minimum atomic E-state index is -0.0527. The maximum absolute atomic E-state index is 12.2. The van der Waals surface area contributed by atoms with E-state index in [1.54, 1.807) is 4.90 Å². The molecule has 116 valence electrons. The standard InChI is InChI=1S/C16H26N4O/c1-19-8-6-13(7-9-19)12-20(2)16(21)18-15-5-3-4-14(10-15)11-17/h3-5,10,13H,6-9,11-12,17H2,1-2H3,(H,18,21). The van der Waals surface area contributed by atoms with E-state index in [0.717, 1.165) is 43.7 Å². The zero-order chi connectivity index (χ0) is 15.2. The van der Waals surface area contributed by atoms with E-state index in [-0.39, 0.29) is 6.03 Å². The number of anilines is 1. The Bertz CT molecular complexity index is 469. The van der Waals surface area contributed by atoms with Crippen LogP contribution in [0.1, 0.15) is 18.4 Å². The van der Waals surface area contributed by atoms with Crippen LogP contribution in [0.4, 0.5) is 10.5 Å². The van der Waals surface area contributed by atoms with Gasteiger partial charge in [-0.05, 0) is 56.6 Å². The van der Waals surface area contributed by atoms with Crippen LogP contribution in [0, 0.1) is 5.92 Å². The van der Waals surface area contributed by atoms with E-state index in [1.165, 1.54) is 0 Å². The average Bonchev–Trinajstić information content (AvgIpc) is 2.49. The second kappa shape index (κ2) is 7.43. The number of carbonyl (C=O) groups excluding carboxylic acids is 1. The van der Waals surface area contributed by atoms with Gasteiger partial charge in [-0.2, -0.15) is 0 Å². The topological polar surface area (TPSA) is 61.6 Å². The second-order valence-electron chi connectivity index (χ2n) is 5.96. The molecule has 0 spiro atoms. The first-order valence-electron chi connectivity index (χ1n) is 7.58. The summed E-state index contributed by atoms with van der Waals surface area (Å²) in [6, 6.07) is 7.62. The maximum atomic E-state index is 12.2. The molecule has 5 nitrogen and oxygen atoms in total. The first kappa shape index (κ1) is 15.8. The average molecular weight is 290 g/mol. The van der Waals surface area contributed by atoms with Crippen molar-refractivity contribution in [1.82, 2.24) is 9.80 Å². The number of nitrogens with two attached hydrogens (primary N) is 1.